The molecule has 0 saturated carbocycles. The van der Waals surface area contributed by atoms with Gasteiger partial charge in [0.15, 0.2) is 0 Å². The van der Waals surface area contributed by atoms with Crippen LogP contribution in [0.4, 0.5) is 0 Å². The molecule has 40 heteroatoms. The molecule has 3 aromatic heterocycles. The Hall–Kier alpha value is -7.15. The Morgan fingerprint density at radius 1 is 0.384 bits per heavy atom. The maximum absolute atomic E-state index is 11.2. The number of hydrogen-bond acceptors (Lipinski definition) is 24. The van der Waals surface area contributed by atoms with Gasteiger partial charge in [-0.25, -0.2) is 0 Å². The Kier molecular flexibility index (Phi) is 78.0. The number of aliphatic hydroxyl groups excluding tert-OH is 3. The first-order valence-corrected chi connectivity index (χ1v) is 36.1. The van der Waals surface area contributed by atoms with E-state index in [1.165, 1.54) is 81.2 Å². The Balaban J connectivity index is -0.000000102. The second-order valence-corrected chi connectivity index (χ2v) is 24.2. The van der Waals surface area contributed by atoms with Crippen molar-refractivity contribution < 1.29 is 83.8 Å². The number of aliphatic hydroxyl groups is 3. The molecule has 15 rings (SSSR count). The average Bonchev–Trinajstić information content (AvgIpc) is 0.779. The molecule has 6 bridgehead atoms. The second kappa shape index (κ2) is 74.0. The molecule has 3 aromatic carbocycles. The van der Waals surface area contributed by atoms with Crippen molar-refractivity contribution in [2.75, 3.05) is 60.6 Å². The van der Waals surface area contributed by atoms with Crippen molar-refractivity contribution in [3.63, 3.8) is 0 Å². The molecule has 12 heterocycles. The number of pyridine rings is 3. The number of rotatable bonds is 12. The number of nitrogens with zero attached hydrogens (tertiary/aromatic N) is 18. The van der Waals surface area contributed by atoms with Crippen LogP contribution in [0.3, 0.4) is 0 Å². The Morgan fingerprint density at radius 2 is 0.571 bits per heavy atom. The number of benzene rings is 3. The molecular weight excluding hydrogens is 1730 g/mol. The van der Waals surface area contributed by atoms with Crippen LogP contribution in [0.15, 0.2) is 129 Å². The SMILES string of the molecule is C=C[C@H]1CN2CC[C@H]1C[C@H]2[C@H](O)c1ccnc2ccc(OC)cc12.C=C[C@H]1CN2CC[C@H]1C[C@H]2[C@H](O)c1ccnc2ccc(OC)cc12.C=C[C@H]1CN2CC[C@H]1C[C@H]2[C@H](O)c1ccnc2ccc(OC)cc12.O.O.[Cr+3].[Cr+3].[H+].[H+].[H+].[H+].[H+].[H+].[N-]=C=S.[N-]=C=S.[N-]=C=S.[N-]=C=S.[N-]=C=S.[N-]=C=S.[N-]=C=S.[N-]=C=S.[N-]=C=S.[N-]=C=S.[N-]=C=S.[N-]=C=S. The van der Waals surface area contributed by atoms with Crippen LogP contribution in [0.2, 0.25) is 0 Å². The van der Waals surface area contributed by atoms with Crippen LogP contribution in [-0.2, 0) is 34.7 Å². The van der Waals surface area contributed by atoms with Crippen molar-refractivity contribution in [1.82, 2.24) is 29.7 Å². The number of aromatic nitrogens is 3. The number of thiocarbonyl (C=S) groups is 12. The fraction of sp³-hybridized carbons (Fsp3) is 0.375. The normalized spacial score (nSPS) is 20.3. The van der Waals surface area contributed by atoms with E-state index in [-0.39, 0.29) is 72.4 Å². The third-order valence-corrected chi connectivity index (χ3v) is 17.5. The summed E-state index contributed by atoms with van der Waals surface area (Å²) in [5.74, 6) is 6.02. The van der Waals surface area contributed by atoms with E-state index in [4.69, 9.17) is 79.1 Å². The predicted octanol–water partition coefficient (Wildman–Crippen LogP) is 16.4. The molecule has 7 N–H and O–H groups in total. The number of methoxy groups -OCH3 is 3. The largest absolute Gasteiger partial charge is 3.00 e. The van der Waals surface area contributed by atoms with Gasteiger partial charge in [0.25, 0.3) is 0 Å². The number of piperidine rings is 9. The zero-order valence-electron chi connectivity index (χ0n) is 66.3. The van der Waals surface area contributed by atoms with Crippen LogP contribution < -0.4 is 14.2 Å². The van der Waals surface area contributed by atoms with Crippen LogP contribution in [-0.4, -0.2) is 197 Å². The molecule has 9 fully saturated rings. The topological polar surface area (TPSA) is 467 Å². The monoisotopic (exact) mass is 1810 g/mol. The van der Waals surface area contributed by atoms with Gasteiger partial charge in [0.1, 0.15) is 17.2 Å². The van der Waals surface area contributed by atoms with E-state index in [1.807, 2.05) is 72.8 Å². The van der Waals surface area contributed by atoms with Crippen molar-refractivity contribution in [2.45, 2.75) is 75.0 Å². The van der Waals surface area contributed by atoms with Gasteiger partial charge in [-0.15, -0.1) is 19.7 Å². The van der Waals surface area contributed by atoms with Gasteiger partial charge < -0.3 is 105 Å². The van der Waals surface area contributed by atoms with E-state index in [0.29, 0.717) is 35.5 Å². The minimum absolute atomic E-state index is 0. The predicted molar refractivity (Wildman–Crippen MR) is 490 cm³/mol. The summed E-state index contributed by atoms with van der Waals surface area (Å²) in [7, 11) is 4.98. The first-order chi connectivity index (χ1) is 52.1. The molecule has 9 aliphatic heterocycles. The Bertz CT molecular complexity index is 3700. The summed E-state index contributed by atoms with van der Waals surface area (Å²) in [4.78, 5) is 20.6. The van der Waals surface area contributed by atoms with Gasteiger partial charge in [-0.05, 0) is 183 Å². The van der Waals surface area contributed by atoms with E-state index in [2.05, 4.69) is 214 Å². The fourth-order valence-corrected chi connectivity index (χ4v) is 13.3. The first-order valence-electron chi connectivity index (χ1n) is 31.2. The number of isothiocyanates is 12. The molecule has 0 aliphatic carbocycles. The van der Waals surface area contributed by atoms with E-state index >= 15 is 0 Å². The van der Waals surface area contributed by atoms with Crippen LogP contribution in [0, 0.1) is 35.5 Å². The summed E-state index contributed by atoms with van der Waals surface area (Å²) >= 11 is 44.4. The summed E-state index contributed by atoms with van der Waals surface area (Å²) in [6.07, 6.45) is 16.9. The van der Waals surface area contributed by atoms with Crippen molar-refractivity contribution >= 4 is 241 Å². The van der Waals surface area contributed by atoms with Crippen LogP contribution >= 0.6 is 147 Å². The molecular formula is C72H82Cr2N18O8S12. The molecule has 6 aromatic rings. The van der Waals surface area contributed by atoms with Crippen LogP contribution in [0.1, 0.15) is 82.1 Å². The molecule has 0 spiro atoms. The first kappa shape index (κ1) is 118. The quantitative estimate of drug-likeness (QED) is 0.0582. The van der Waals surface area contributed by atoms with Gasteiger partial charge in [-0.1, -0.05) is 165 Å². The maximum atomic E-state index is 11.2. The van der Waals surface area contributed by atoms with Gasteiger partial charge in [0.05, 0.1) is 56.2 Å². The maximum Gasteiger partial charge on any atom is 3.00 e. The summed E-state index contributed by atoms with van der Waals surface area (Å²) in [5, 5.41) is 138. The Morgan fingerprint density at radius 3 is 0.723 bits per heavy atom. The molecule has 9 aliphatic rings. The van der Waals surface area contributed by atoms with Crippen LogP contribution in [0.5, 0.6) is 17.2 Å². The molecule has 15 atom stereocenters. The van der Waals surface area contributed by atoms with Gasteiger partial charge in [-0.3, -0.25) is 29.7 Å². The molecule has 3 unspecified atom stereocenters. The van der Waals surface area contributed by atoms with E-state index in [1.54, 1.807) is 39.9 Å². The van der Waals surface area contributed by atoms with Crippen molar-refractivity contribution in [2.24, 2.45) is 35.5 Å². The van der Waals surface area contributed by atoms with Gasteiger partial charge in [0, 0.05) is 72.5 Å². The molecule has 592 valence electrons. The molecule has 2 radical (unpaired) electrons. The summed E-state index contributed by atoms with van der Waals surface area (Å²) in [6.45, 7) is 18.2. The average molecular weight is 1820 g/mol. The number of ether oxygens (including phenoxy) is 3. The number of fused-ring (bicyclic) bond motifs is 12. The van der Waals surface area contributed by atoms with Crippen LogP contribution in [0.25, 0.3) is 97.6 Å². The smallest absolute Gasteiger partial charge is 0.753 e. The van der Waals surface area contributed by atoms with Gasteiger partial charge in [0.2, 0.25) is 0 Å². The molecule has 0 amide bonds. The third kappa shape index (κ3) is 41.2. The summed E-state index contributed by atoms with van der Waals surface area (Å²) in [6, 6.07) is 23.9. The third-order valence-electron chi connectivity index (χ3n) is 17.5. The summed E-state index contributed by atoms with van der Waals surface area (Å²) < 4.78 is 16.0. The molecule has 26 nitrogen and oxygen atoms in total. The zero-order chi connectivity index (χ0) is 82.5. The second-order valence-electron chi connectivity index (χ2n) is 22.0. The standard InChI is InChI=1S/3C20H24N2O2.12CNS.2Cr.2H2O/c3*1-3-13-12-22-9-7-14(13)10-19(22)20(23)16-6-8-21-18-5-4-15(24-2)11-17(16)18;12*2-1-3;;;;/h3*3-6,8,11,13-14,19-20,23H,1,7,9-10,12H2,2H3;;;;;;;;;;;;;;;2*1H2/q;;;12*-1;2*+3;;/p+6/t3*13-,14-,19-,20+;;;;;;;;;;;;;;;;/m000................/s1. The van der Waals surface area contributed by atoms with Crippen molar-refractivity contribution in [1.29, 1.82) is 0 Å². The molecule has 112 heavy (non-hydrogen) atoms. The zero-order valence-corrected chi connectivity index (χ0v) is 72.6. The Labute approximate surface area is 747 Å². The van der Waals surface area contributed by atoms with Crippen molar-refractivity contribution in [3.8, 4) is 17.2 Å². The van der Waals surface area contributed by atoms with E-state index < -0.39 is 18.3 Å². The minimum atomic E-state index is -0.504. The number of hydrogen-bond donors (Lipinski definition) is 3. The minimum Gasteiger partial charge on any atom is -0.753 e. The van der Waals surface area contributed by atoms with Gasteiger partial charge in [-0.2, -0.15) is 61.9 Å². The molecule has 9 saturated heterocycles. The van der Waals surface area contributed by atoms with E-state index in [0.717, 1.165) is 125 Å². The van der Waals surface area contributed by atoms with E-state index in [9.17, 15) is 15.3 Å². The van der Waals surface area contributed by atoms with Crippen molar-refractivity contribution in [3.05, 3.63) is 211 Å². The van der Waals surface area contributed by atoms with Gasteiger partial charge >= 0.3 is 43.3 Å². The summed E-state index contributed by atoms with van der Waals surface area (Å²) in [5.41, 5.74) is 5.54. The fourth-order valence-electron chi connectivity index (χ4n) is 13.3.